The number of alkyl halides is 1. The van der Waals surface area contributed by atoms with Gasteiger partial charge in [0.1, 0.15) is 0 Å². The summed E-state index contributed by atoms with van der Waals surface area (Å²) in [6, 6.07) is 0. The zero-order valence-corrected chi connectivity index (χ0v) is 12.7. The molecule has 1 saturated carbocycles. The fraction of sp³-hybridized carbons (Fsp3) is 1.00. The third kappa shape index (κ3) is 4.22. The average molecular weight is 304 g/mol. The Labute approximate surface area is 114 Å². The number of hydrogen-bond acceptors (Lipinski definition) is 2. The predicted molar refractivity (Wildman–Crippen MR) is 75.7 cm³/mol. The van der Waals surface area contributed by atoms with E-state index < -0.39 is 0 Å². The molecule has 1 aliphatic heterocycles. The number of halogens is 1. The Bertz CT molecular complexity index is 224. The first-order chi connectivity index (χ1) is 8.28. The second-order valence-corrected chi connectivity index (χ2v) is 6.49. The van der Waals surface area contributed by atoms with Gasteiger partial charge in [0, 0.05) is 31.6 Å². The fourth-order valence-corrected chi connectivity index (χ4v) is 3.57. The van der Waals surface area contributed by atoms with Gasteiger partial charge in [0.25, 0.3) is 0 Å². The van der Waals surface area contributed by atoms with Crippen molar-refractivity contribution < 1.29 is 4.74 Å². The minimum absolute atomic E-state index is 0.475. The highest BCUT2D eigenvalue weighted by atomic mass is 79.9. The Hall–Kier alpha value is 0.400. The van der Waals surface area contributed by atoms with Gasteiger partial charge < -0.3 is 9.64 Å². The van der Waals surface area contributed by atoms with Crippen LogP contribution < -0.4 is 0 Å². The second-order valence-electron chi connectivity index (χ2n) is 5.92. The van der Waals surface area contributed by atoms with Crippen LogP contribution in [0.2, 0.25) is 0 Å². The minimum Gasteiger partial charge on any atom is -0.381 e. The summed E-state index contributed by atoms with van der Waals surface area (Å²) < 4.78 is 5.52. The van der Waals surface area contributed by atoms with Gasteiger partial charge in [-0.25, -0.2) is 0 Å². The molecule has 0 atom stereocenters. The highest BCUT2D eigenvalue weighted by Gasteiger charge is 2.34. The molecule has 0 unspecified atom stereocenters. The van der Waals surface area contributed by atoms with E-state index in [1.807, 2.05) is 0 Å². The van der Waals surface area contributed by atoms with Gasteiger partial charge in [-0.05, 0) is 50.0 Å². The van der Waals surface area contributed by atoms with Crippen LogP contribution in [0, 0.1) is 11.3 Å². The van der Waals surface area contributed by atoms with E-state index in [9.17, 15) is 0 Å². The summed E-state index contributed by atoms with van der Waals surface area (Å²) in [7, 11) is 0. The molecule has 100 valence electrons. The molecule has 0 bridgehead atoms. The summed E-state index contributed by atoms with van der Waals surface area (Å²) in [6.07, 6.45) is 6.66. The lowest BCUT2D eigenvalue weighted by molar-refractivity contribution is 0.00743. The molecule has 2 nitrogen and oxygen atoms in total. The molecule has 0 aromatic carbocycles. The van der Waals surface area contributed by atoms with Gasteiger partial charge in [-0.1, -0.05) is 22.9 Å². The van der Waals surface area contributed by atoms with Crippen molar-refractivity contribution >= 4 is 15.9 Å². The van der Waals surface area contributed by atoms with Crippen LogP contribution in [0.4, 0.5) is 0 Å². The van der Waals surface area contributed by atoms with E-state index in [0.29, 0.717) is 5.41 Å². The number of ether oxygens (including phenoxy) is 1. The summed E-state index contributed by atoms with van der Waals surface area (Å²) in [5.74, 6) is 1.01. The molecular formula is C14H26BrNO. The lowest BCUT2D eigenvalue weighted by atomic mass is 9.81. The van der Waals surface area contributed by atoms with Gasteiger partial charge in [0.2, 0.25) is 0 Å². The van der Waals surface area contributed by atoms with Crippen molar-refractivity contribution in [2.75, 3.05) is 38.2 Å². The van der Waals surface area contributed by atoms with Crippen LogP contribution in [0.5, 0.6) is 0 Å². The van der Waals surface area contributed by atoms with Crippen LogP contribution in [0.25, 0.3) is 0 Å². The summed E-state index contributed by atoms with van der Waals surface area (Å²) in [5, 5.41) is 1.13. The lowest BCUT2D eigenvalue weighted by Gasteiger charge is -2.40. The van der Waals surface area contributed by atoms with Crippen molar-refractivity contribution in [3.05, 3.63) is 0 Å². The predicted octanol–water partition coefficient (Wildman–Crippen LogP) is 3.30. The minimum atomic E-state index is 0.475. The molecular weight excluding hydrogens is 278 g/mol. The SMILES string of the molecule is CCCN(CC1CC1)CC1(CBr)CCOCC1. The largest absolute Gasteiger partial charge is 0.381 e. The molecule has 2 aliphatic rings. The quantitative estimate of drug-likeness (QED) is 0.669. The maximum Gasteiger partial charge on any atom is 0.0472 e. The Kier molecular flexibility index (Phi) is 5.31. The van der Waals surface area contributed by atoms with Gasteiger partial charge in [0.15, 0.2) is 0 Å². The van der Waals surface area contributed by atoms with Crippen LogP contribution in [0.3, 0.4) is 0 Å². The maximum atomic E-state index is 5.52. The fourth-order valence-electron chi connectivity index (χ4n) is 2.83. The molecule has 2 fully saturated rings. The Morgan fingerprint density at radius 2 is 2.00 bits per heavy atom. The van der Waals surface area contributed by atoms with Crippen molar-refractivity contribution in [2.24, 2.45) is 11.3 Å². The van der Waals surface area contributed by atoms with Crippen LogP contribution >= 0.6 is 15.9 Å². The Balaban J connectivity index is 1.87. The van der Waals surface area contributed by atoms with Crippen molar-refractivity contribution in [3.63, 3.8) is 0 Å². The molecule has 0 spiro atoms. The van der Waals surface area contributed by atoms with E-state index in [2.05, 4.69) is 27.8 Å². The molecule has 0 N–H and O–H groups in total. The highest BCUT2D eigenvalue weighted by molar-refractivity contribution is 9.09. The van der Waals surface area contributed by atoms with Crippen molar-refractivity contribution in [1.29, 1.82) is 0 Å². The molecule has 2 rings (SSSR count). The van der Waals surface area contributed by atoms with Crippen LogP contribution in [-0.4, -0.2) is 43.1 Å². The topological polar surface area (TPSA) is 12.5 Å². The molecule has 17 heavy (non-hydrogen) atoms. The normalized spacial score (nSPS) is 24.2. The van der Waals surface area contributed by atoms with Crippen LogP contribution in [-0.2, 0) is 4.74 Å². The van der Waals surface area contributed by atoms with E-state index in [-0.39, 0.29) is 0 Å². The van der Waals surface area contributed by atoms with Gasteiger partial charge in [0.05, 0.1) is 0 Å². The van der Waals surface area contributed by atoms with Gasteiger partial charge >= 0.3 is 0 Å². The van der Waals surface area contributed by atoms with Gasteiger partial charge in [-0.15, -0.1) is 0 Å². The van der Waals surface area contributed by atoms with E-state index in [4.69, 9.17) is 4.74 Å². The standard InChI is InChI=1S/C14H26BrNO/c1-2-7-16(10-13-3-4-13)12-14(11-15)5-8-17-9-6-14/h13H,2-12H2,1H3. The third-order valence-electron chi connectivity index (χ3n) is 4.15. The van der Waals surface area contributed by atoms with Gasteiger partial charge in [-0.3, -0.25) is 0 Å². The lowest BCUT2D eigenvalue weighted by Crippen LogP contribution is -2.43. The zero-order chi connectivity index (χ0) is 12.1. The Morgan fingerprint density at radius 3 is 2.53 bits per heavy atom. The third-order valence-corrected chi connectivity index (χ3v) is 5.34. The molecule has 0 aromatic heterocycles. The molecule has 0 amide bonds. The Morgan fingerprint density at radius 1 is 1.29 bits per heavy atom. The van der Waals surface area contributed by atoms with E-state index in [0.717, 1.165) is 24.5 Å². The molecule has 3 heteroatoms. The highest BCUT2D eigenvalue weighted by Crippen LogP contribution is 2.36. The van der Waals surface area contributed by atoms with Crippen molar-refractivity contribution in [2.45, 2.75) is 39.0 Å². The smallest absolute Gasteiger partial charge is 0.0472 e. The average Bonchev–Trinajstić information content (AvgIpc) is 3.14. The molecule has 1 aliphatic carbocycles. The second kappa shape index (κ2) is 6.53. The van der Waals surface area contributed by atoms with Gasteiger partial charge in [-0.2, -0.15) is 0 Å². The first-order valence-electron chi connectivity index (χ1n) is 7.14. The number of nitrogens with zero attached hydrogens (tertiary/aromatic N) is 1. The summed E-state index contributed by atoms with van der Waals surface area (Å²) in [5.41, 5.74) is 0.475. The summed E-state index contributed by atoms with van der Waals surface area (Å²) in [4.78, 5) is 2.71. The van der Waals surface area contributed by atoms with Crippen LogP contribution in [0.15, 0.2) is 0 Å². The maximum absolute atomic E-state index is 5.52. The summed E-state index contributed by atoms with van der Waals surface area (Å²) in [6.45, 7) is 8.08. The number of rotatable bonds is 7. The van der Waals surface area contributed by atoms with Crippen molar-refractivity contribution in [1.82, 2.24) is 4.90 Å². The molecule has 1 heterocycles. The van der Waals surface area contributed by atoms with E-state index in [1.165, 1.54) is 51.7 Å². The summed E-state index contributed by atoms with van der Waals surface area (Å²) >= 11 is 3.75. The first-order valence-corrected chi connectivity index (χ1v) is 8.26. The van der Waals surface area contributed by atoms with E-state index >= 15 is 0 Å². The number of hydrogen-bond donors (Lipinski definition) is 0. The zero-order valence-electron chi connectivity index (χ0n) is 11.1. The first kappa shape index (κ1) is 13.8. The molecule has 0 aromatic rings. The van der Waals surface area contributed by atoms with E-state index in [1.54, 1.807) is 0 Å². The van der Waals surface area contributed by atoms with Crippen LogP contribution in [0.1, 0.15) is 39.0 Å². The van der Waals surface area contributed by atoms with Crippen molar-refractivity contribution in [3.8, 4) is 0 Å². The molecule has 1 saturated heterocycles. The molecule has 0 radical (unpaired) electrons. The monoisotopic (exact) mass is 303 g/mol.